The molecule has 0 aliphatic carbocycles. The normalized spacial score (nSPS) is 11.7. The molecule has 0 aliphatic rings. The van der Waals surface area contributed by atoms with Crippen LogP contribution in [-0.4, -0.2) is 36.9 Å². The lowest BCUT2D eigenvalue weighted by Crippen LogP contribution is -2.25. The molecule has 0 radical (unpaired) electrons. The number of anilines is 1. The summed E-state index contributed by atoms with van der Waals surface area (Å²) in [5, 5.41) is 0.497. The van der Waals surface area contributed by atoms with Crippen LogP contribution in [0.4, 0.5) is 5.69 Å². The monoisotopic (exact) mass is 480 g/mol. The fraction of sp³-hybridized carbons (Fsp3) is 0.160. The fourth-order valence-corrected chi connectivity index (χ4v) is 4.67. The number of halogens is 1. The summed E-state index contributed by atoms with van der Waals surface area (Å²) in [7, 11) is 3.90. The number of thiazole rings is 1. The Morgan fingerprint density at radius 2 is 1.76 bits per heavy atom. The Balaban J connectivity index is 1.89. The second-order valence-corrected chi connectivity index (χ2v) is 9.01. The van der Waals surface area contributed by atoms with Crippen molar-refractivity contribution < 1.29 is 14.3 Å². The molecule has 8 heteroatoms. The van der Waals surface area contributed by atoms with Crippen molar-refractivity contribution in [2.75, 3.05) is 25.6 Å². The SMILES string of the molecule is CCOC(=O)c1cc(C(=O)c2ccc(Cl)cc2)n2c(=O)c(=Cc3ccc(N(C)C)cc3)sc12. The summed E-state index contributed by atoms with van der Waals surface area (Å²) in [6.07, 6.45) is 1.75. The molecule has 0 unspecified atom stereocenters. The first-order valence-electron chi connectivity index (χ1n) is 10.2. The van der Waals surface area contributed by atoms with Crippen molar-refractivity contribution in [2.45, 2.75) is 6.92 Å². The molecule has 0 bridgehead atoms. The standard InChI is InChI=1S/C25H21ClN2O4S/c1-4-32-25(31)19-14-20(22(29)16-7-9-17(26)10-8-16)28-23(30)21(33-24(19)28)13-15-5-11-18(12-6-15)27(2)3/h5-14H,4H2,1-3H3. The van der Waals surface area contributed by atoms with Crippen molar-refractivity contribution in [2.24, 2.45) is 0 Å². The molecule has 0 fully saturated rings. The van der Waals surface area contributed by atoms with Crippen LogP contribution in [0.3, 0.4) is 0 Å². The van der Waals surface area contributed by atoms with E-state index in [1.165, 1.54) is 10.5 Å². The maximum Gasteiger partial charge on any atom is 0.341 e. The van der Waals surface area contributed by atoms with Crippen LogP contribution in [0.15, 0.2) is 59.4 Å². The summed E-state index contributed by atoms with van der Waals surface area (Å²) < 4.78 is 6.88. The first-order valence-corrected chi connectivity index (χ1v) is 11.4. The third-order valence-electron chi connectivity index (χ3n) is 5.12. The molecule has 0 N–H and O–H groups in total. The van der Waals surface area contributed by atoms with E-state index in [4.69, 9.17) is 16.3 Å². The maximum absolute atomic E-state index is 13.3. The number of carbonyl (C=O) groups excluding carboxylic acids is 2. The molecule has 0 saturated carbocycles. The van der Waals surface area contributed by atoms with E-state index in [1.807, 2.05) is 43.3 Å². The van der Waals surface area contributed by atoms with Crippen LogP contribution in [0.2, 0.25) is 5.02 Å². The van der Waals surface area contributed by atoms with Crippen molar-refractivity contribution >= 4 is 51.3 Å². The zero-order valence-corrected chi connectivity index (χ0v) is 19.9. The van der Waals surface area contributed by atoms with Gasteiger partial charge in [-0.1, -0.05) is 23.7 Å². The van der Waals surface area contributed by atoms with Gasteiger partial charge >= 0.3 is 5.97 Å². The quantitative estimate of drug-likeness (QED) is 0.308. The number of ketones is 1. The highest BCUT2D eigenvalue weighted by Crippen LogP contribution is 2.23. The third-order valence-corrected chi connectivity index (χ3v) is 6.48. The summed E-state index contributed by atoms with van der Waals surface area (Å²) in [5.41, 5.74) is 2.18. The molecular formula is C25H21ClN2O4S. The number of fused-ring (bicyclic) bond motifs is 1. The number of ether oxygens (including phenoxy) is 1. The average Bonchev–Trinajstić information content (AvgIpc) is 3.32. The van der Waals surface area contributed by atoms with Gasteiger partial charge in [-0.15, -0.1) is 11.3 Å². The Morgan fingerprint density at radius 3 is 2.36 bits per heavy atom. The molecule has 0 spiro atoms. The van der Waals surface area contributed by atoms with Crippen molar-refractivity contribution in [3.63, 3.8) is 0 Å². The second kappa shape index (κ2) is 9.21. The molecule has 0 saturated heterocycles. The van der Waals surface area contributed by atoms with Crippen LogP contribution in [-0.2, 0) is 4.74 Å². The van der Waals surface area contributed by atoms with E-state index >= 15 is 0 Å². The minimum atomic E-state index is -0.576. The number of carbonyl (C=O) groups is 2. The third kappa shape index (κ3) is 4.42. The average molecular weight is 481 g/mol. The molecule has 2 aromatic carbocycles. The van der Waals surface area contributed by atoms with Crippen LogP contribution < -0.4 is 15.0 Å². The molecule has 4 rings (SSSR count). The highest BCUT2D eigenvalue weighted by Gasteiger charge is 2.25. The Morgan fingerprint density at radius 1 is 1.09 bits per heavy atom. The van der Waals surface area contributed by atoms with E-state index in [1.54, 1.807) is 37.3 Å². The zero-order chi connectivity index (χ0) is 23.7. The summed E-state index contributed by atoms with van der Waals surface area (Å²) in [6.45, 7) is 1.89. The minimum absolute atomic E-state index is 0.110. The summed E-state index contributed by atoms with van der Waals surface area (Å²) in [5.74, 6) is -0.956. The Bertz CT molecular complexity index is 1450. The molecule has 2 aromatic heterocycles. The predicted octanol–water partition coefficient (Wildman–Crippen LogP) is 4.04. The first-order chi connectivity index (χ1) is 15.8. The van der Waals surface area contributed by atoms with Gasteiger partial charge in [-0.3, -0.25) is 14.0 Å². The molecule has 0 aliphatic heterocycles. The van der Waals surface area contributed by atoms with E-state index in [0.29, 0.717) is 19.9 Å². The molecule has 168 valence electrons. The van der Waals surface area contributed by atoms with Crippen LogP contribution in [0.5, 0.6) is 0 Å². The van der Waals surface area contributed by atoms with Gasteiger partial charge in [-0.2, -0.15) is 0 Å². The summed E-state index contributed by atoms with van der Waals surface area (Å²) in [6, 6.07) is 15.5. The Labute approximate surface area is 199 Å². The van der Waals surface area contributed by atoms with Crippen molar-refractivity contribution in [3.8, 4) is 0 Å². The largest absolute Gasteiger partial charge is 0.462 e. The summed E-state index contributed by atoms with van der Waals surface area (Å²) >= 11 is 7.09. The van der Waals surface area contributed by atoms with Gasteiger partial charge in [-0.25, -0.2) is 4.79 Å². The second-order valence-electron chi connectivity index (χ2n) is 7.54. The van der Waals surface area contributed by atoms with Crippen LogP contribution >= 0.6 is 22.9 Å². The smallest absolute Gasteiger partial charge is 0.341 e. The van der Waals surface area contributed by atoms with E-state index in [9.17, 15) is 14.4 Å². The number of hydrogen-bond acceptors (Lipinski definition) is 6. The number of nitrogens with zero attached hydrogens (tertiary/aromatic N) is 2. The van der Waals surface area contributed by atoms with Crippen molar-refractivity contribution in [3.05, 3.63) is 96.9 Å². The van der Waals surface area contributed by atoms with E-state index < -0.39 is 5.97 Å². The van der Waals surface area contributed by atoms with Gasteiger partial charge in [0.15, 0.2) is 0 Å². The van der Waals surface area contributed by atoms with Crippen molar-refractivity contribution in [1.82, 2.24) is 4.40 Å². The van der Waals surface area contributed by atoms with Gasteiger partial charge < -0.3 is 9.64 Å². The number of esters is 1. The highest BCUT2D eigenvalue weighted by molar-refractivity contribution is 7.15. The predicted molar refractivity (Wildman–Crippen MR) is 132 cm³/mol. The van der Waals surface area contributed by atoms with Crippen LogP contribution in [0.25, 0.3) is 10.9 Å². The number of hydrogen-bond donors (Lipinski definition) is 0. The lowest BCUT2D eigenvalue weighted by Gasteiger charge is -2.11. The lowest BCUT2D eigenvalue weighted by atomic mass is 10.1. The van der Waals surface area contributed by atoms with E-state index in [2.05, 4.69) is 0 Å². The van der Waals surface area contributed by atoms with Gasteiger partial charge in [0.2, 0.25) is 5.78 Å². The molecular weight excluding hydrogens is 460 g/mol. The molecule has 33 heavy (non-hydrogen) atoms. The topological polar surface area (TPSA) is 68.1 Å². The minimum Gasteiger partial charge on any atom is -0.462 e. The summed E-state index contributed by atoms with van der Waals surface area (Å²) in [4.78, 5) is 41.5. The Kier molecular flexibility index (Phi) is 6.35. The van der Waals surface area contributed by atoms with Crippen LogP contribution in [0.1, 0.15) is 38.9 Å². The van der Waals surface area contributed by atoms with Gasteiger partial charge in [0.25, 0.3) is 5.56 Å². The first kappa shape index (κ1) is 22.8. The van der Waals surface area contributed by atoms with Crippen molar-refractivity contribution in [1.29, 1.82) is 0 Å². The van der Waals surface area contributed by atoms with E-state index in [0.717, 1.165) is 22.6 Å². The number of aromatic nitrogens is 1. The molecule has 0 atom stereocenters. The maximum atomic E-state index is 13.3. The van der Waals surface area contributed by atoms with Gasteiger partial charge in [0.05, 0.1) is 22.4 Å². The Hall–Kier alpha value is -3.42. The van der Waals surface area contributed by atoms with Gasteiger partial charge in [0, 0.05) is 30.4 Å². The van der Waals surface area contributed by atoms with Gasteiger partial charge in [0.1, 0.15) is 4.83 Å². The van der Waals surface area contributed by atoms with Crippen LogP contribution in [0, 0.1) is 0 Å². The molecule has 4 aromatic rings. The van der Waals surface area contributed by atoms with E-state index in [-0.39, 0.29) is 29.2 Å². The molecule has 0 amide bonds. The molecule has 6 nitrogen and oxygen atoms in total. The fourth-order valence-electron chi connectivity index (χ4n) is 3.44. The molecule has 2 heterocycles. The van der Waals surface area contributed by atoms with Gasteiger partial charge in [-0.05, 0) is 61.0 Å². The number of rotatable bonds is 6. The zero-order valence-electron chi connectivity index (χ0n) is 18.3. The number of benzene rings is 2. The highest BCUT2D eigenvalue weighted by atomic mass is 35.5. The lowest BCUT2D eigenvalue weighted by molar-refractivity contribution is 0.0529.